The molecule has 3 aromatic rings. The number of hydrogen-bond donors (Lipinski definition) is 3. The molecule has 0 saturated carbocycles. The number of nitrogens with two attached hydrogens (primary N) is 2. The van der Waals surface area contributed by atoms with Crippen LogP contribution in [0.1, 0.15) is 40.7 Å². The smallest absolute Gasteiger partial charge is 0.389 e. The third-order valence-electron chi connectivity index (χ3n) is 5.50. The lowest BCUT2D eigenvalue weighted by Gasteiger charge is -2.09. The van der Waals surface area contributed by atoms with Gasteiger partial charge in [-0.1, -0.05) is 18.2 Å². The number of anilines is 2. The lowest BCUT2D eigenvalue weighted by molar-refractivity contribution is -0.136. The molecule has 38 heavy (non-hydrogen) atoms. The number of hydrogen-bond acceptors (Lipinski definition) is 6. The number of carboxylic acid groups (broad SMARTS) is 1. The minimum Gasteiger partial charge on any atom is -0.494 e. The van der Waals surface area contributed by atoms with Gasteiger partial charge in [-0.2, -0.15) is 13.2 Å². The predicted octanol–water partition coefficient (Wildman–Crippen LogP) is 5.89. The second-order valence-corrected chi connectivity index (χ2v) is 8.48. The molecule has 0 aromatic heterocycles. The predicted molar refractivity (Wildman–Crippen MR) is 138 cm³/mol. The Balaban J connectivity index is 1.56. The molecule has 3 aromatic carbocycles. The van der Waals surface area contributed by atoms with Gasteiger partial charge < -0.3 is 26.0 Å². The fraction of sp³-hybridized carbons (Fsp3) is 0.214. The highest BCUT2D eigenvalue weighted by Gasteiger charge is 2.26. The van der Waals surface area contributed by atoms with Crippen molar-refractivity contribution in [2.24, 2.45) is 0 Å². The normalized spacial score (nSPS) is 11.7. The molecular formula is C28H27F3N2O5. The number of halogens is 3. The summed E-state index contributed by atoms with van der Waals surface area (Å²) in [6, 6.07) is 17.3. The summed E-state index contributed by atoms with van der Waals surface area (Å²) in [5.74, 6) is -1.09. The molecule has 7 nitrogen and oxygen atoms in total. The van der Waals surface area contributed by atoms with E-state index in [9.17, 15) is 27.9 Å². The first-order valence-corrected chi connectivity index (χ1v) is 11.7. The molecule has 0 radical (unpaired) electrons. The topological polar surface area (TPSA) is 125 Å². The van der Waals surface area contributed by atoms with Crippen molar-refractivity contribution in [1.29, 1.82) is 0 Å². The molecule has 0 fully saturated rings. The van der Waals surface area contributed by atoms with Crippen molar-refractivity contribution < 1.29 is 37.3 Å². The molecule has 0 heterocycles. The van der Waals surface area contributed by atoms with E-state index in [4.69, 9.17) is 20.9 Å². The van der Waals surface area contributed by atoms with Gasteiger partial charge in [0, 0.05) is 23.4 Å². The number of ether oxygens (including phenoxy) is 2. The molecule has 200 valence electrons. The SMILES string of the molecule is Nc1ccc(CCC(=Cc2ccc(OC(=O)c3ccc(OCCCC(F)(F)F)cc3)cc2)C(=O)O)c(N)c1. The van der Waals surface area contributed by atoms with Gasteiger partial charge in [-0.25, -0.2) is 9.59 Å². The molecule has 0 aliphatic rings. The van der Waals surface area contributed by atoms with Gasteiger partial charge in [-0.3, -0.25) is 0 Å². The molecule has 0 aliphatic carbocycles. The van der Waals surface area contributed by atoms with Gasteiger partial charge in [0.1, 0.15) is 11.5 Å². The standard InChI is InChI=1S/C28H27F3N2O5/c29-28(30,31)14-1-15-37-23-12-7-20(8-13-23)27(36)38-24-10-2-18(3-11-24)16-21(26(34)35)5-4-19-6-9-22(32)17-25(19)33/h2-3,6-13,16-17H,1,4-5,14-15,32-33H2,(H,34,35). The van der Waals surface area contributed by atoms with Gasteiger partial charge in [0.05, 0.1) is 12.2 Å². The maximum absolute atomic E-state index is 12.4. The zero-order chi connectivity index (χ0) is 27.7. The van der Waals surface area contributed by atoms with E-state index < -0.39 is 24.5 Å². The summed E-state index contributed by atoms with van der Waals surface area (Å²) in [6.45, 7) is -0.0941. The van der Waals surface area contributed by atoms with Crippen molar-refractivity contribution in [3.8, 4) is 11.5 Å². The molecule has 5 N–H and O–H groups in total. The van der Waals surface area contributed by atoms with E-state index in [1.165, 1.54) is 30.3 Å². The Bertz CT molecular complexity index is 1290. The molecule has 0 unspecified atom stereocenters. The summed E-state index contributed by atoms with van der Waals surface area (Å²) in [6.07, 6.45) is -3.10. The summed E-state index contributed by atoms with van der Waals surface area (Å²) in [7, 11) is 0. The summed E-state index contributed by atoms with van der Waals surface area (Å²) in [4.78, 5) is 24.1. The van der Waals surface area contributed by atoms with Crippen LogP contribution in [0.25, 0.3) is 6.08 Å². The third-order valence-corrected chi connectivity index (χ3v) is 5.50. The summed E-state index contributed by atoms with van der Waals surface area (Å²) in [5.41, 5.74) is 14.5. The fourth-order valence-corrected chi connectivity index (χ4v) is 3.50. The first-order valence-electron chi connectivity index (χ1n) is 11.7. The molecule has 10 heteroatoms. The molecule has 0 bridgehead atoms. The van der Waals surface area contributed by atoms with Crippen molar-refractivity contribution in [2.75, 3.05) is 18.1 Å². The van der Waals surface area contributed by atoms with Crippen molar-refractivity contribution in [3.05, 3.63) is 89.0 Å². The van der Waals surface area contributed by atoms with Gasteiger partial charge in [-0.05, 0) is 85.0 Å². The van der Waals surface area contributed by atoms with Crippen LogP contribution in [0.5, 0.6) is 11.5 Å². The molecule has 3 rings (SSSR count). The molecule has 0 amide bonds. The fourth-order valence-electron chi connectivity index (χ4n) is 3.50. The number of carbonyl (C=O) groups is 2. The minimum absolute atomic E-state index is 0.0941. The first kappa shape index (κ1) is 28.1. The Morgan fingerprint density at radius 1 is 0.921 bits per heavy atom. The largest absolute Gasteiger partial charge is 0.494 e. The Morgan fingerprint density at radius 2 is 1.58 bits per heavy atom. The van der Waals surface area contributed by atoms with Gasteiger partial charge in [0.2, 0.25) is 0 Å². The van der Waals surface area contributed by atoms with E-state index in [0.29, 0.717) is 29.1 Å². The third kappa shape index (κ3) is 8.88. The van der Waals surface area contributed by atoms with Gasteiger partial charge in [0.15, 0.2) is 0 Å². The van der Waals surface area contributed by atoms with Crippen LogP contribution in [-0.4, -0.2) is 29.8 Å². The van der Waals surface area contributed by atoms with E-state index in [0.717, 1.165) is 5.56 Å². The second kappa shape index (κ2) is 12.7. The highest BCUT2D eigenvalue weighted by atomic mass is 19.4. The summed E-state index contributed by atoms with van der Waals surface area (Å²) in [5, 5.41) is 9.59. The molecule has 0 aliphatic heterocycles. The van der Waals surface area contributed by atoms with E-state index >= 15 is 0 Å². The lowest BCUT2D eigenvalue weighted by Crippen LogP contribution is -2.10. The van der Waals surface area contributed by atoms with E-state index in [1.54, 1.807) is 42.5 Å². The van der Waals surface area contributed by atoms with Gasteiger partial charge >= 0.3 is 18.1 Å². The maximum Gasteiger partial charge on any atom is 0.389 e. The number of carbonyl (C=O) groups excluding carboxylic acids is 1. The summed E-state index contributed by atoms with van der Waals surface area (Å²) < 4.78 is 47.2. The number of esters is 1. The van der Waals surface area contributed by atoms with Crippen LogP contribution in [0, 0.1) is 0 Å². The summed E-state index contributed by atoms with van der Waals surface area (Å²) >= 11 is 0. The highest BCUT2D eigenvalue weighted by Crippen LogP contribution is 2.23. The van der Waals surface area contributed by atoms with E-state index in [-0.39, 0.29) is 36.3 Å². The van der Waals surface area contributed by atoms with Crippen LogP contribution in [-0.2, 0) is 11.2 Å². The lowest BCUT2D eigenvalue weighted by atomic mass is 10.0. The Hall–Kier alpha value is -4.47. The first-order chi connectivity index (χ1) is 18.0. The van der Waals surface area contributed by atoms with Crippen molar-refractivity contribution in [3.63, 3.8) is 0 Å². The van der Waals surface area contributed by atoms with Crippen molar-refractivity contribution in [1.82, 2.24) is 0 Å². The van der Waals surface area contributed by atoms with Crippen LogP contribution in [0.15, 0.2) is 72.3 Å². The Morgan fingerprint density at radius 3 is 2.18 bits per heavy atom. The van der Waals surface area contributed by atoms with E-state index in [1.807, 2.05) is 0 Å². The van der Waals surface area contributed by atoms with Crippen molar-refractivity contribution >= 4 is 29.4 Å². The molecule has 0 atom stereocenters. The van der Waals surface area contributed by atoms with Gasteiger partial charge in [0.25, 0.3) is 0 Å². The van der Waals surface area contributed by atoms with Crippen LogP contribution in [0.4, 0.5) is 24.5 Å². The molecule has 0 saturated heterocycles. The molecule has 0 spiro atoms. The van der Waals surface area contributed by atoms with Crippen LogP contribution < -0.4 is 20.9 Å². The van der Waals surface area contributed by atoms with Crippen LogP contribution >= 0.6 is 0 Å². The highest BCUT2D eigenvalue weighted by molar-refractivity contribution is 5.92. The zero-order valence-corrected chi connectivity index (χ0v) is 20.3. The number of aryl methyl sites for hydroxylation is 1. The van der Waals surface area contributed by atoms with Crippen LogP contribution in [0.3, 0.4) is 0 Å². The zero-order valence-electron chi connectivity index (χ0n) is 20.3. The maximum atomic E-state index is 12.4. The second-order valence-electron chi connectivity index (χ2n) is 8.48. The number of aliphatic carboxylic acids is 1. The Labute approximate surface area is 217 Å². The average molecular weight is 529 g/mol. The molecular weight excluding hydrogens is 501 g/mol. The monoisotopic (exact) mass is 528 g/mol. The Kier molecular flexibility index (Phi) is 9.37. The number of benzene rings is 3. The quantitative estimate of drug-likeness (QED) is 0.0931. The average Bonchev–Trinajstić information content (AvgIpc) is 2.86. The number of nitrogen functional groups attached to an aromatic ring is 2. The van der Waals surface area contributed by atoms with Crippen molar-refractivity contribution in [2.45, 2.75) is 31.9 Å². The number of carboxylic acids is 1. The number of alkyl halides is 3. The van der Waals surface area contributed by atoms with E-state index in [2.05, 4.69) is 0 Å². The van der Waals surface area contributed by atoms with Crippen LogP contribution in [0.2, 0.25) is 0 Å². The number of rotatable bonds is 11. The minimum atomic E-state index is -4.22. The van der Waals surface area contributed by atoms with Gasteiger partial charge in [-0.15, -0.1) is 0 Å².